The summed E-state index contributed by atoms with van der Waals surface area (Å²) in [6.07, 6.45) is 1.05. The molecule has 0 fully saturated rings. The molecule has 36 heavy (non-hydrogen) atoms. The largest absolute Gasteiger partial charge is 0.324 e. The van der Waals surface area contributed by atoms with Crippen LogP contribution >= 0.6 is 0 Å². The van der Waals surface area contributed by atoms with Gasteiger partial charge in [-0.2, -0.15) is 0 Å². The molecule has 3 rings (SSSR count). The topological polar surface area (TPSA) is 113 Å². The normalized spacial score (nSPS) is 12.6. The molecule has 0 aromatic heterocycles. The minimum Gasteiger partial charge on any atom is -0.324 e. The number of benzene rings is 3. The lowest BCUT2D eigenvalue weighted by Gasteiger charge is -2.28. The highest BCUT2D eigenvalue weighted by atomic mass is 32.2. The predicted octanol–water partition coefficient (Wildman–Crippen LogP) is 4.51. The summed E-state index contributed by atoms with van der Waals surface area (Å²) >= 11 is 0. The van der Waals surface area contributed by atoms with E-state index in [9.17, 15) is 21.6 Å². The van der Waals surface area contributed by atoms with Gasteiger partial charge in [0.2, 0.25) is 15.9 Å². The minimum atomic E-state index is -3.83. The second-order valence-electron chi connectivity index (χ2n) is 9.00. The fourth-order valence-corrected chi connectivity index (χ4v) is 6.08. The fourth-order valence-electron chi connectivity index (χ4n) is 3.87. The maximum atomic E-state index is 13.0. The molecule has 0 aliphatic heterocycles. The molecule has 3 aromatic carbocycles. The second kappa shape index (κ2) is 10.3. The summed E-state index contributed by atoms with van der Waals surface area (Å²) in [7, 11) is -7.60. The van der Waals surface area contributed by atoms with Gasteiger partial charge in [0.15, 0.2) is 0 Å². The SMILES string of the molecule is Cc1cc(C)cc(N([C@@H](C)C(=O)Nc2ccc(S(=O)(=O)Nc3ccc(C)c(C)c3)cc2)S(C)(=O)=O)c1. The molecule has 0 aliphatic rings. The van der Waals surface area contributed by atoms with Crippen molar-refractivity contribution in [3.63, 3.8) is 0 Å². The Kier molecular flexibility index (Phi) is 7.80. The maximum Gasteiger partial charge on any atom is 0.261 e. The van der Waals surface area contributed by atoms with Crippen LogP contribution in [0.3, 0.4) is 0 Å². The van der Waals surface area contributed by atoms with E-state index in [1.807, 2.05) is 39.8 Å². The van der Waals surface area contributed by atoms with Crippen LogP contribution in [-0.4, -0.2) is 35.0 Å². The Bertz CT molecular complexity index is 1480. The average Bonchev–Trinajstić information content (AvgIpc) is 2.75. The molecule has 3 aromatic rings. The van der Waals surface area contributed by atoms with Crippen LogP contribution in [0.15, 0.2) is 65.6 Å². The van der Waals surface area contributed by atoms with Crippen LogP contribution in [0.4, 0.5) is 17.1 Å². The van der Waals surface area contributed by atoms with Gasteiger partial charge in [-0.15, -0.1) is 0 Å². The average molecular weight is 530 g/mol. The summed E-state index contributed by atoms with van der Waals surface area (Å²) in [5, 5.41) is 2.68. The van der Waals surface area contributed by atoms with Crippen molar-refractivity contribution < 1.29 is 21.6 Å². The molecule has 0 radical (unpaired) electrons. The van der Waals surface area contributed by atoms with Crippen LogP contribution in [0.2, 0.25) is 0 Å². The van der Waals surface area contributed by atoms with Crippen LogP contribution in [-0.2, 0) is 24.8 Å². The van der Waals surface area contributed by atoms with Gasteiger partial charge < -0.3 is 5.32 Å². The van der Waals surface area contributed by atoms with E-state index in [0.717, 1.165) is 32.8 Å². The quantitative estimate of drug-likeness (QED) is 0.446. The van der Waals surface area contributed by atoms with E-state index in [0.29, 0.717) is 17.1 Å². The van der Waals surface area contributed by atoms with Gasteiger partial charge in [0.05, 0.1) is 16.8 Å². The van der Waals surface area contributed by atoms with Crippen molar-refractivity contribution in [3.05, 3.63) is 82.9 Å². The number of carbonyl (C=O) groups excluding carboxylic acids is 1. The lowest BCUT2D eigenvalue weighted by atomic mass is 10.1. The maximum absolute atomic E-state index is 13.0. The summed E-state index contributed by atoms with van der Waals surface area (Å²) in [5.41, 5.74) is 4.96. The van der Waals surface area contributed by atoms with E-state index >= 15 is 0 Å². The van der Waals surface area contributed by atoms with Crippen LogP contribution in [0.1, 0.15) is 29.2 Å². The number of hydrogen-bond donors (Lipinski definition) is 2. The number of nitrogens with zero attached hydrogens (tertiary/aromatic N) is 1. The number of hydrogen-bond acceptors (Lipinski definition) is 5. The monoisotopic (exact) mass is 529 g/mol. The van der Waals surface area contributed by atoms with E-state index in [1.54, 1.807) is 24.3 Å². The number of nitrogens with one attached hydrogen (secondary N) is 2. The van der Waals surface area contributed by atoms with Crippen molar-refractivity contribution in [3.8, 4) is 0 Å². The molecule has 0 heterocycles. The molecule has 0 bridgehead atoms. The number of amides is 1. The van der Waals surface area contributed by atoms with Gasteiger partial charge in [0.1, 0.15) is 6.04 Å². The summed E-state index contributed by atoms with van der Waals surface area (Å²) < 4.78 is 54.3. The predicted molar refractivity (Wildman–Crippen MR) is 144 cm³/mol. The Morgan fingerprint density at radius 2 is 1.33 bits per heavy atom. The highest BCUT2D eigenvalue weighted by Crippen LogP contribution is 2.25. The van der Waals surface area contributed by atoms with Gasteiger partial charge in [0.25, 0.3) is 10.0 Å². The molecule has 0 saturated carbocycles. The molecule has 10 heteroatoms. The molecule has 0 unspecified atom stereocenters. The summed E-state index contributed by atoms with van der Waals surface area (Å²) in [5.74, 6) is -0.552. The van der Waals surface area contributed by atoms with Gasteiger partial charge in [-0.3, -0.25) is 13.8 Å². The van der Waals surface area contributed by atoms with Crippen molar-refractivity contribution in [1.29, 1.82) is 0 Å². The third-order valence-electron chi connectivity index (χ3n) is 5.74. The van der Waals surface area contributed by atoms with E-state index in [2.05, 4.69) is 10.0 Å². The molecular weight excluding hydrogens is 498 g/mol. The smallest absolute Gasteiger partial charge is 0.261 e. The zero-order valence-corrected chi connectivity index (χ0v) is 22.8. The van der Waals surface area contributed by atoms with Crippen molar-refractivity contribution in [2.75, 3.05) is 20.6 Å². The van der Waals surface area contributed by atoms with Gasteiger partial charge in [-0.05, 0) is 105 Å². The molecule has 1 atom stereocenters. The standard InChI is InChI=1S/C26H31N3O5S2/c1-17-13-18(2)15-24(14-17)29(35(6,31)32)21(5)26(30)27-22-9-11-25(12-10-22)36(33,34)28-23-8-7-19(3)20(4)16-23/h7-16,21,28H,1-6H3,(H,27,30)/t21-/m0/s1. The first-order valence-electron chi connectivity index (χ1n) is 11.3. The Hall–Kier alpha value is -3.37. The Balaban J connectivity index is 1.78. The van der Waals surface area contributed by atoms with Gasteiger partial charge >= 0.3 is 0 Å². The first kappa shape index (κ1) is 27.2. The van der Waals surface area contributed by atoms with E-state index in [4.69, 9.17) is 0 Å². The number of aryl methyl sites for hydroxylation is 4. The Morgan fingerprint density at radius 1 is 0.778 bits per heavy atom. The lowest BCUT2D eigenvalue weighted by molar-refractivity contribution is -0.116. The van der Waals surface area contributed by atoms with Crippen LogP contribution < -0.4 is 14.3 Å². The van der Waals surface area contributed by atoms with Crippen molar-refractivity contribution in [1.82, 2.24) is 0 Å². The summed E-state index contributed by atoms with van der Waals surface area (Å²) in [4.78, 5) is 13.0. The van der Waals surface area contributed by atoms with E-state index in [1.165, 1.54) is 31.2 Å². The molecule has 192 valence electrons. The zero-order valence-electron chi connectivity index (χ0n) is 21.2. The molecule has 2 N–H and O–H groups in total. The van der Waals surface area contributed by atoms with Crippen molar-refractivity contribution in [2.45, 2.75) is 45.6 Å². The zero-order chi connectivity index (χ0) is 26.8. The second-order valence-corrected chi connectivity index (χ2v) is 12.5. The van der Waals surface area contributed by atoms with Crippen LogP contribution in [0.25, 0.3) is 0 Å². The van der Waals surface area contributed by atoms with Gasteiger partial charge in [0, 0.05) is 11.4 Å². The molecule has 8 nitrogen and oxygen atoms in total. The first-order valence-corrected chi connectivity index (χ1v) is 14.6. The molecule has 0 aliphatic carbocycles. The molecular formula is C26H31N3O5S2. The number of anilines is 3. The van der Waals surface area contributed by atoms with Crippen LogP contribution in [0.5, 0.6) is 0 Å². The fraction of sp³-hybridized carbons (Fsp3) is 0.269. The number of sulfonamides is 2. The number of carbonyl (C=O) groups is 1. The van der Waals surface area contributed by atoms with Gasteiger partial charge in [-0.1, -0.05) is 12.1 Å². The highest BCUT2D eigenvalue weighted by Gasteiger charge is 2.29. The Morgan fingerprint density at radius 3 is 1.86 bits per heavy atom. The Labute approximate surface area is 213 Å². The minimum absolute atomic E-state index is 0.0276. The molecule has 0 saturated heterocycles. The molecule has 0 spiro atoms. The lowest BCUT2D eigenvalue weighted by Crippen LogP contribution is -2.45. The van der Waals surface area contributed by atoms with E-state index < -0.39 is 32.0 Å². The van der Waals surface area contributed by atoms with Crippen molar-refractivity contribution in [2.24, 2.45) is 0 Å². The highest BCUT2D eigenvalue weighted by molar-refractivity contribution is 7.92. The molecule has 1 amide bonds. The summed E-state index contributed by atoms with van der Waals surface area (Å²) in [6.45, 7) is 9.05. The summed E-state index contributed by atoms with van der Waals surface area (Å²) in [6, 6.07) is 15.2. The van der Waals surface area contributed by atoms with Crippen LogP contribution in [0, 0.1) is 27.7 Å². The van der Waals surface area contributed by atoms with Crippen molar-refractivity contribution >= 4 is 43.0 Å². The third-order valence-corrected chi connectivity index (χ3v) is 8.38. The van der Waals surface area contributed by atoms with Gasteiger partial charge in [-0.25, -0.2) is 16.8 Å². The number of rotatable bonds is 8. The van der Waals surface area contributed by atoms with E-state index in [-0.39, 0.29) is 4.90 Å². The first-order chi connectivity index (χ1) is 16.7. The third kappa shape index (κ3) is 6.44.